The van der Waals surface area contributed by atoms with Gasteiger partial charge in [-0.05, 0) is 31.0 Å². The minimum Gasteiger partial charge on any atom is -0.339 e. The number of aromatic nitrogens is 2. The summed E-state index contributed by atoms with van der Waals surface area (Å²) in [6.07, 6.45) is 3.17. The van der Waals surface area contributed by atoms with Crippen LogP contribution in [0.5, 0.6) is 0 Å². The molecule has 2 aromatic heterocycles. The van der Waals surface area contributed by atoms with Crippen molar-refractivity contribution in [1.29, 1.82) is 0 Å². The highest BCUT2D eigenvalue weighted by Gasteiger charge is 2.26. The van der Waals surface area contributed by atoms with Crippen LogP contribution in [0.3, 0.4) is 0 Å². The summed E-state index contributed by atoms with van der Waals surface area (Å²) in [4.78, 5) is 4.33. The monoisotopic (exact) mass is 397 g/mol. The van der Waals surface area contributed by atoms with E-state index in [9.17, 15) is 17.2 Å². The first-order valence-corrected chi connectivity index (χ1v) is 10.2. The number of hydrogen-bond acceptors (Lipinski definition) is 6. The van der Waals surface area contributed by atoms with E-state index >= 15 is 0 Å². The molecule has 1 aromatic carbocycles. The Kier molecular flexibility index (Phi) is 4.23. The van der Waals surface area contributed by atoms with Crippen molar-refractivity contribution in [2.45, 2.75) is 29.4 Å². The third kappa shape index (κ3) is 3.21. The highest BCUT2D eigenvalue weighted by molar-refractivity contribution is 7.94. The van der Waals surface area contributed by atoms with Gasteiger partial charge in [0.2, 0.25) is 11.7 Å². The van der Waals surface area contributed by atoms with Gasteiger partial charge in [-0.25, -0.2) is 17.2 Å². The number of hydrogen-bond donors (Lipinski definition) is 1. The largest absolute Gasteiger partial charge is 0.339 e. The highest BCUT2D eigenvalue weighted by Crippen LogP contribution is 2.36. The minimum absolute atomic E-state index is 0.00669. The van der Waals surface area contributed by atoms with Crippen molar-refractivity contribution < 1.29 is 21.7 Å². The van der Waals surface area contributed by atoms with Crippen LogP contribution in [-0.2, 0) is 10.0 Å². The Morgan fingerprint density at radius 1 is 1.19 bits per heavy atom. The van der Waals surface area contributed by atoms with E-state index in [0.29, 0.717) is 17.3 Å². The van der Waals surface area contributed by atoms with Crippen LogP contribution in [0.4, 0.5) is 14.5 Å². The first kappa shape index (κ1) is 17.1. The Hall–Kier alpha value is -2.33. The van der Waals surface area contributed by atoms with Crippen molar-refractivity contribution in [3.05, 3.63) is 47.2 Å². The molecular weight excluding hydrogens is 384 g/mol. The summed E-state index contributed by atoms with van der Waals surface area (Å²) in [5.41, 5.74) is 0.459. The van der Waals surface area contributed by atoms with Crippen LogP contribution in [0.15, 0.2) is 38.4 Å². The van der Waals surface area contributed by atoms with E-state index in [1.807, 2.05) is 0 Å². The Labute approximate surface area is 151 Å². The summed E-state index contributed by atoms with van der Waals surface area (Å²) in [5.74, 6) is -0.995. The lowest BCUT2D eigenvalue weighted by Gasteiger charge is -2.20. The quantitative estimate of drug-likeness (QED) is 0.699. The predicted molar refractivity (Wildman–Crippen MR) is 91.4 cm³/mol. The number of rotatable bonds is 5. The van der Waals surface area contributed by atoms with Gasteiger partial charge in [0.15, 0.2) is 11.6 Å². The lowest BCUT2D eigenvalue weighted by atomic mass is 9.85. The lowest BCUT2D eigenvalue weighted by molar-refractivity contribution is 0.292. The third-order valence-corrected chi connectivity index (χ3v) is 6.99. The van der Waals surface area contributed by atoms with Crippen molar-refractivity contribution in [2.24, 2.45) is 0 Å². The van der Waals surface area contributed by atoms with Crippen LogP contribution < -0.4 is 4.72 Å². The SMILES string of the molecule is O=S(=O)(Nc1ccc(F)c(F)c1)c1cc(-c2noc(C3CCC3)n2)cs1. The Morgan fingerprint density at radius 2 is 2.00 bits per heavy atom. The normalized spacial score (nSPS) is 15.0. The molecule has 1 saturated carbocycles. The fourth-order valence-electron chi connectivity index (χ4n) is 2.51. The van der Waals surface area contributed by atoms with Crippen LogP contribution in [0, 0.1) is 11.6 Å². The maximum atomic E-state index is 13.2. The molecule has 1 fully saturated rings. The van der Waals surface area contributed by atoms with Crippen LogP contribution in [0.2, 0.25) is 0 Å². The zero-order chi connectivity index (χ0) is 18.3. The second-order valence-corrected chi connectivity index (χ2v) is 8.79. The number of nitrogens with zero attached hydrogens (tertiary/aromatic N) is 2. The molecule has 0 unspecified atom stereocenters. The van der Waals surface area contributed by atoms with Gasteiger partial charge in [0.25, 0.3) is 10.0 Å². The van der Waals surface area contributed by atoms with Crippen molar-refractivity contribution in [3.63, 3.8) is 0 Å². The number of nitrogens with one attached hydrogen (secondary N) is 1. The molecule has 3 aromatic rings. The molecule has 1 aliphatic rings. The van der Waals surface area contributed by atoms with Crippen molar-refractivity contribution >= 4 is 27.0 Å². The third-order valence-electron chi connectivity index (χ3n) is 4.17. The number of sulfonamides is 1. The van der Waals surface area contributed by atoms with Gasteiger partial charge in [0.1, 0.15) is 4.21 Å². The molecule has 10 heteroatoms. The van der Waals surface area contributed by atoms with Gasteiger partial charge in [0.05, 0.1) is 5.69 Å². The van der Waals surface area contributed by atoms with Gasteiger partial charge in [-0.3, -0.25) is 4.72 Å². The summed E-state index contributed by atoms with van der Waals surface area (Å²) in [6, 6.07) is 4.21. The number of halogens is 2. The predicted octanol–water partition coefficient (Wildman–Crippen LogP) is 4.14. The molecule has 0 spiro atoms. The standard InChI is InChI=1S/C16H13F2N3O3S2/c17-12-5-4-11(7-13(12)18)21-26(22,23)14-6-10(8-25-14)15-19-16(24-20-15)9-2-1-3-9/h4-9,21H,1-3H2. The summed E-state index contributed by atoms with van der Waals surface area (Å²) < 4.78 is 58.5. The molecule has 0 aliphatic heterocycles. The van der Waals surface area contributed by atoms with Crippen molar-refractivity contribution in [2.75, 3.05) is 4.72 Å². The van der Waals surface area contributed by atoms with Gasteiger partial charge < -0.3 is 4.52 Å². The molecule has 1 aliphatic carbocycles. The van der Waals surface area contributed by atoms with E-state index in [2.05, 4.69) is 14.9 Å². The molecule has 0 saturated heterocycles. The molecule has 0 bridgehead atoms. The summed E-state index contributed by atoms with van der Waals surface area (Å²) in [7, 11) is -3.94. The fraction of sp³-hybridized carbons (Fsp3) is 0.250. The topological polar surface area (TPSA) is 85.1 Å². The van der Waals surface area contributed by atoms with Crippen LogP contribution >= 0.6 is 11.3 Å². The fourth-order valence-corrected chi connectivity index (χ4v) is 4.72. The van der Waals surface area contributed by atoms with Crippen LogP contribution in [0.25, 0.3) is 11.4 Å². The summed E-state index contributed by atoms with van der Waals surface area (Å²) in [5, 5.41) is 5.51. The van der Waals surface area contributed by atoms with Gasteiger partial charge in [-0.15, -0.1) is 11.3 Å². The number of benzene rings is 1. The van der Waals surface area contributed by atoms with E-state index in [4.69, 9.17) is 4.52 Å². The minimum atomic E-state index is -3.94. The Morgan fingerprint density at radius 3 is 2.69 bits per heavy atom. The first-order valence-electron chi connectivity index (χ1n) is 7.83. The van der Waals surface area contributed by atoms with Crippen LogP contribution in [-0.4, -0.2) is 18.6 Å². The van der Waals surface area contributed by atoms with Gasteiger partial charge in [-0.1, -0.05) is 11.6 Å². The zero-order valence-electron chi connectivity index (χ0n) is 13.3. The van der Waals surface area contributed by atoms with Crippen molar-refractivity contribution in [3.8, 4) is 11.4 Å². The van der Waals surface area contributed by atoms with E-state index in [0.717, 1.165) is 48.8 Å². The smallest absolute Gasteiger partial charge is 0.271 e. The molecule has 0 atom stereocenters. The molecule has 136 valence electrons. The molecule has 0 radical (unpaired) electrons. The van der Waals surface area contributed by atoms with E-state index in [-0.39, 0.29) is 15.8 Å². The average molecular weight is 397 g/mol. The van der Waals surface area contributed by atoms with Crippen LogP contribution in [0.1, 0.15) is 31.1 Å². The van der Waals surface area contributed by atoms with E-state index in [1.54, 1.807) is 5.38 Å². The Balaban J connectivity index is 1.56. The lowest BCUT2D eigenvalue weighted by Crippen LogP contribution is -2.11. The maximum Gasteiger partial charge on any atom is 0.271 e. The van der Waals surface area contributed by atoms with Gasteiger partial charge >= 0.3 is 0 Å². The first-order chi connectivity index (χ1) is 12.4. The molecule has 1 N–H and O–H groups in total. The van der Waals surface area contributed by atoms with E-state index < -0.39 is 21.7 Å². The zero-order valence-corrected chi connectivity index (χ0v) is 14.9. The van der Waals surface area contributed by atoms with Crippen molar-refractivity contribution in [1.82, 2.24) is 10.1 Å². The number of anilines is 1. The summed E-state index contributed by atoms with van der Waals surface area (Å²) >= 11 is 0.975. The molecular formula is C16H13F2N3O3S2. The molecule has 0 amide bonds. The van der Waals surface area contributed by atoms with Gasteiger partial charge in [-0.2, -0.15) is 4.98 Å². The van der Waals surface area contributed by atoms with Gasteiger partial charge in [0, 0.05) is 22.9 Å². The molecule has 26 heavy (non-hydrogen) atoms. The number of thiophene rings is 1. The average Bonchev–Trinajstić information content (AvgIpc) is 3.18. The second kappa shape index (κ2) is 6.44. The second-order valence-electron chi connectivity index (χ2n) is 5.97. The van der Waals surface area contributed by atoms with E-state index in [1.165, 1.54) is 6.07 Å². The molecule has 4 rings (SSSR count). The summed E-state index contributed by atoms with van der Waals surface area (Å²) in [6.45, 7) is 0. The molecule has 6 nitrogen and oxygen atoms in total. The highest BCUT2D eigenvalue weighted by atomic mass is 32.2. The maximum absolute atomic E-state index is 13.2. The Bertz CT molecular complexity index is 1060. The molecule has 2 heterocycles.